The first-order valence-electron chi connectivity index (χ1n) is 40.8. The average Bonchev–Trinajstić information content (AvgIpc) is 3.68. The van der Waals surface area contributed by atoms with Gasteiger partial charge < -0.3 is 20.3 Å². The van der Waals surface area contributed by atoms with Gasteiger partial charge in [-0.2, -0.15) is 0 Å². The molecule has 89 heavy (non-hydrogen) atoms. The molecule has 3 N–H and O–H groups in total. The third-order valence-electron chi connectivity index (χ3n) is 19.2. The van der Waals surface area contributed by atoms with Gasteiger partial charge in [0, 0.05) is 12.8 Å². The maximum atomic E-state index is 12.6. The molecule has 0 radical (unpaired) electrons. The van der Waals surface area contributed by atoms with Crippen molar-refractivity contribution in [1.82, 2.24) is 5.32 Å². The Morgan fingerprint density at radius 2 is 0.562 bits per heavy atom. The minimum atomic E-state index is -0.844. The van der Waals surface area contributed by atoms with Crippen LogP contribution in [-0.4, -0.2) is 47.4 Å². The fourth-order valence-corrected chi connectivity index (χ4v) is 13.0. The summed E-state index contributed by atoms with van der Waals surface area (Å²) in [5.41, 5.74) is 0. The molecule has 0 aromatic rings. The first kappa shape index (κ1) is 87.1. The van der Waals surface area contributed by atoms with Crippen LogP contribution in [0.2, 0.25) is 0 Å². The Bertz CT molecular complexity index is 1440. The summed E-state index contributed by atoms with van der Waals surface area (Å²) in [5.74, 6) is -0.0403. The number of nitrogens with one attached hydrogen (secondary N) is 1. The van der Waals surface area contributed by atoms with Crippen LogP contribution in [0, 0.1) is 0 Å². The number of carbonyl (C=O) groups is 2. The number of unbranched alkanes of at least 4 members (excludes halogenated alkanes) is 62. The maximum Gasteiger partial charge on any atom is 0.305 e. The van der Waals surface area contributed by atoms with Crippen LogP contribution in [0.25, 0.3) is 0 Å². The largest absolute Gasteiger partial charge is 0.466 e. The fourth-order valence-electron chi connectivity index (χ4n) is 13.0. The van der Waals surface area contributed by atoms with E-state index < -0.39 is 12.1 Å². The molecule has 0 fully saturated rings. The first-order chi connectivity index (χ1) is 44.0. The highest BCUT2D eigenvalue weighted by atomic mass is 16.5. The summed E-state index contributed by atoms with van der Waals surface area (Å²) >= 11 is 0. The molecular formula is C83H159NO5. The predicted molar refractivity (Wildman–Crippen MR) is 393 cm³/mol. The Balaban J connectivity index is 3.39. The molecule has 0 aliphatic carbocycles. The van der Waals surface area contributed by atoms with Crippen molar-refractivity contribution in [2.24, 2.45) is 0 Å². The highest BCUT2D eigenvalue weighted by molar-refractivity contribution is 5.76. The SMILES string of the molecule is CCCCCCCCCCCCCCCCCCCCCCC/C=C/C(O)C(CO)NC(=O)CCCCCCCCCCCCCCCCCCC/C=C\C/C=C\CCCCCCCCCCCCCCCOC(=O)CCCCCCCCCCCCCC. The number of rotatable bonds is 77. The van der Waals surface area contributed by atoms with Gasteiger partial charge in [0.05, 0.1) is 25.4 Å². The van der Waals surface area contributed by atoms with E-state index in [0.717, 1.165) is 44.9 Å². The Labute approximate surface area is 557 Å². The number of allylic oxidation sites excluding steroid dienone is 5. The number of amides is 1. The number of carbonyl (C=O) groups excluding carboxylic acids is 2. The Morgan fingerprint density at radius 1 is 0.315 bits per heavy atom. The normalized spacial score (nSPS) is 12.6. The van der Waals surface area contributed by atoms with Crippen molar-refractivity contribution >= 4 is 11.9 Å². The van der Waals surface area contributed by atoms with E-state index in [1.165, 1.54) is 385 Å². The van der Waals surface area contributed by atoms with Crippen molar-refractivity contribution < 1.29 is 24.5 Å². The van der Waals surface area contributed by atoms with Crippen LogP contribution in [0.5, 0.6) is 0 Å². The van der Waals surface area contributed by atoms with E-state index in [1.54, 1.807) is 6.08 Å². The van der Waals surface area contributed by atoms with Crippen molar-refractivity contribution in [2.75, 3.05) is 13.2 Å². The van der Waals surface area contributed by atoms with Gasteiger partial charge in [-0.15, -0.1) is 0 Å². The number of esters is 1. The molecule has 2 atom stereocenters. The van der Waals surface area contributed by atoms with E-state index in [1.807, 2.05) is 6.08 Å². The van der Waals surface area contributed by atoms with Gasteiger partial charge in [0.15, 0.2) is 0 Å². The standard InChI is InChI=1S/C83H159NO5/c1-3-5-7-9-11-13-15-17-18-19-20-21-37-40-43-46-49-52-55-59-63-67-71-75-81(86)80(79-85)84-82(87)76-72-68-64-60-56-53-50-47-44-41-38-35-33-31-29-27-25-23-22-24-26-28-30-32-34-36-39-42-45-48-51-54-58-62-66-70-74-78-89-83(88)77-73-69-65-61-57-16-14-12-10-8-6-4-2/h22,24,28,30,71,75,80-81,85-86H,3-21,23,25-27,29,31-70,72-74,76-79H2,1-2H3,(H,84,87)/b24-22-,30-28-,75-71+. The van der Waals surface area contributed by atoms with E-state index in [0.29, 0.717) is 19.4 Å². The lowest BCUT2D eigenvalue weighted by Crippen LogP contribution is -2.45. The molecule has 0 saturated heterocycles. The van der Waals surface area contributed by atoms with Gasteiger partial charge in [-0.25, -0.2) is 0 Å². The van der Waals surface area contributed by atoms with Crippen LogP contribution in [0.15, 0.2) is 36.5 Å². The van der Waals surface area contributed by atoms with Gasteiger partial charge in [-0.1, -0.05) is 416 Å². The predicted octanol–water partition coefficient (Wildman–Crippen LogP) is 27.0. The second-order valence-corrected chi connectivity index (χ2v) is 28.1. The van der Waals surface area contributed by atoms with Gasteiger partial charge in [0.1, 0.15) is 0 Å². The summed E-state index contributed by atoms with van der Waals surface area (Å²) in [7, 11) is 0. The molecule has 0 rings (SSSR count). The third-order valence-corrected chi connectivity index (χ3v) is 19.2. The number of aliphatic hydroxyl groups excluding tert-OH is 2. The molecule has 0 aliphatic rings. The van der Waals surface area contributed by atoms with Gasteiger partial charge >= 0.3 is 5.97 Å². The minimum absolute atomic E-state index is 0.0200. The molecule has 526 valence electrons. The molecule has 1 amide bonds. The molecule has 0 aromatic heterocycles. The second-order valence-electron chi connectivity index (χ2n) is 28.1. The minimum Gasteiger partial charge on any atom is -0.466 e. The number of hydrogen-bond acceptors (Lipinski definition) is 5. The molecule has 0 saturated carbocycles. The zero-order valence-corrected chi connectivity index (χ0v) is 60.4. The first-order valence-corrected chi connectivity index (χ1v) is 40.8. The molecule has 6 nitrogen and oxygen atoms in total. The van der Waals surface area contributed by atoms with Gasteiger partial charge in [0.25, 0.3) is 0 Å². The van der Waals surface area contributed by atoms with Crippen LogP contribution >= 0.6 is 0 Å². The molecule has 2 unspecified atom stereocenters. The number of ether oxygens (including phenoxy) is 1. The summed E-state index contributed by atoms with van der Waals surface area (Å²) < 4.78 is 5.49. The van der Waals surface area contributed by atoms with Crippen LogP contribution in [0.4, 0.5) is 0 Å². The lowest BCUT2D eigenvalue weighted by Gasteiger charge is -2.20. The zero-order chi connectivity index (χ0) is 64.2. The lowest BCUT2D eigenvalue weighted by atomic mass is 10.0. The lowest BCUT2D eigenvalue weighted by molar-refractivity contribution is -0.143. The van der Waals surface area contributed by atoms with Crippen LogP contribution < -0.4 is 5.32 Å². The van der Waals surface area contributed by atoms with E-state index in [-0.39, 0.29) is 18.5 Å². The van der Waals surface area contributed by atoms with E-state index in [9.17, 15) is 19.8 Å². The molecule has 0 spiro atoms. The molecule has 0 heterocycles. The second kappa shape index (κ2) is 78.5. The fraction of sp³-hybridized carbons (Fsp3) is 0.904. The molecule has 6 heteroatoms. The van der Waals surface area contributed by atoms with Crippen molar-refractivity contribution in [3.8, 4) is 0 Å². The summed E-state index contributed by atoms with van der Waals surface area (Å²) in [6.07, 6.45) is 103. The Morgan fingerprint density at radius 3 is 0.854 bits per heavy atom. The maximum absolute atomic E-state index is 12.6. The van der Waals surface area contributed by atoms with Gasteiger partial charge in [0.2, 0.25) is 5.91 Å². The van der Waals surface area contributed by atoms with E-state index >= 15 is 0 Å². The topological polar surface area (TPSA) is 95.9 Å². The van der Waals surface area contributed by atoms with Crippen molar-refractivity contribution in [3.63, 3.8) is 0 Å². The third kappa shape index (κ3) is 75.0. The van der Waals surface area contributed by atoms with Gasteiger partial charge in [-0.05, 0) is 64.2 Å². The molecule has 0 aliphatic heterocycles. The van der Waals surface area contributed by atoms with E-state index in [4.69, 9.17) is 4.74 Å². The molecule has 0 bridgehead atoms. The number of hydrogen-bond donors (Lipinski definition) is 3. The quantitative estimate of drug-likeness (QED) is 0.0320. The van der Waals surface area contributed by atoms with E-state index in [2.05, 4.69) is 43.5 Å². The molecule has 0 aromatic carbocycles. The van der Waals surface area contributed by atoms with Crippen LogP contribution in [-0.2, 0) is 14.3 Å². The highest BCUT2D eigenvalue weighted by Crippen LogP contribution is 2.20. The average molecular weight is 1250 g/mol. The zero-order valence-electron chi connectivity index (χ0n) is 60.4. The summed E-state index contributed by atoms with van der Waals surface area (Å²) in [6, 6.07) is -0.627. The van der Waals surface area contributed by atoms with Gasteiger partial charge in [-0.3, -0.25) is 9.59 Å². The summed E-state index contributed by atoms with van der Waals surface area (Å²) in [4.78, 5) is 24.6. The van der Waals surface area contributed by atoms with Crippen molar-refractivity contribution in [1.29, 1.82) is 0 Å². The Hall–Kier alpha value is -1.92. The summed E-state index contributed by atoms with van der Waals surface area (Å²) in [5, 5.41) is 23.3. The smallest absolute Gasteiger partial charge is 0.305 e. The summed E-state index contributed by atoms with van der Waals surface area (Å²) in [6.45, 7) is 4.95. The van der Waals surface area contributed by atoms with Crippen molar-refractivity contribution in [2.45, 2.75) is 469 Å². The van der Waals surface area contributed by atoms with Crippen LogP contribution in [0.3, 0.4) is 0 Å². The van der Waals surface area contributed by atoms with Crippen LogP contribution in [0.1, 0.15) is 457 Å². The highest BCUT2D eigenvalue weighted by Gasteiger charge is 2.18. The number of aliphatic hydroxyl groups is 2. The monoisotopic (exact) mass is 1250 g/mol. The molecular weight excluding hydrogens is 1090 g/mol. The van der Waals surface area contributed by atoms with Crippen molar-refractivity contribution in [3.05, 3.63) is 36.5 Å². The Kier molecular flexibility index (Phi) is 76.8.